The van der Waals surface area contributed by atoms with E-state index in [4.69, 9.17) is 14.2 Å². The zero-order valence-electron chi connectivity index (χ0n) is 13.5. The predicted octanol–water partition coefficient (Wildman–Crippen LogP) is 0.511. The molecule has 0 saturated heterocycles. The minimum Gasteiger partial charge on any atom is -0.468 e. The summed E-state index contributed by atoms with van der Waals surface area (Å²) in [6.07, 6.45) is 0.971. The van der Waals surface area contributed by atoms with Crippen LogP contribution < -0.4 is 5.32 Å². The van der Waals surface area contributed by atoms with E-state index in [9.17, 15) is 4.79 Å². The van der Waals surface area contributed by atoms with E-state index in [1.54, 1.807) is 14.2 Å². The van der Waals surface area contributed by atoms with Crippen molar-refractivity contribution in [3.8, 4) is 0 Å². The summed E-state index contributed by atoms with van der Waals surface area (Å²) in [7, 11) is 4.77. The summed E-state index contributed by atoms with van der Waals surface area (Å²) in [5.74, 6) is -0.231. The van der Waals surface area contributed by atoms with Gasteiger partial charge in [0, 0.05) is 33.4 Å². The van der Waals surface area contributed by atoms with Crippen LogP contribution in [0, 0.1) is 0 Å². The van der Waals surface area contributed by atoms with Crippen molar-refractivity contribution in [1.29, 1.82) is 0 Å². The monoisotopic (exact) mass is 290 g/mol. The van der Waals surface area contributed by atoms with Gasteiger partial charge in [-0.05, 0) is 19.9 Å². The summed E-state index contributed by atoms with van der Waals surface area (Å²) >= 11 is 0. The fourth-order valence-corrected chi connectivity index (χ4v) is 1.96. The molecule has 0 heterocycles. The molecule has 0 fully saturated rings. The summed E-state index contributed by atoms with van der Waals surface area (Å²) in [6.45, 7) is 7.51. The lowest BCUT2D eigenvalue weighted by molar-refractivity contribution is -0.144. The molecular formula is C14H30N2O4. The Bertz CT molecular complexity index is 251. The quantitative estimate of drug-likeness (QED) is 0.529. The molecule has 0 spiro atoms. The first-order valence-corrected chi connectivity index (χ1v) is 7.13. The molecule has 0 aromatic carbocycles. The largest absolute Gasteiger partial charge is 0.468 e. The van der Waals surface area contributed by atoms with Crippen molar-refractivity contribution in [2.24, 2.45) is 0 Å². The summed E-state index contributed by atoms with van der Waals surface area (Å²) < 4.78 is 15.2. The minimum atomic E-state index is -0.323. The molecule has 2 atom stereocenters. The van der Waals surface area contributed by atoms with Crippen LogP contribution >= 0.6 is 0 Å². The highest BCUT2D eigenvalue weighted by Gasteiger charge is 2.24. The van der Waals surface area contributed by atoms with Crippen molar-refractivity contribution < 1.29 is 19.0 Å². The molecular weight excluding hydrogens is 260 g/mol. The molecule has 0 amide bonds. The highest BCUT2D eigenvalue weighted by molar-refractivity contribution is 5.75. The molecule has 6 nitrogen and oxygen atoms in total. The summed E-state index contributed by atoms with van der Waals surface area (Å²) in [5, 5.41) is 3.23. The number of rotatable bonds is 12. The average molecular weight is 290 g/mol. The first-order valence-electron chi connectivity index (χ1n) is 7.13. The van der Waals surface area contributed by atoms with E-state index in [2.05, 4.69) is 24.1 Å². The van der Waals surface area contributed by atoms with Crippen LogP contribution in [0.2, 0.25) is 0 Å². The van der Waals surface area contributed by atoms with E-state index < -0.39 is 0 Å². The maximum Gasteiger partial charge on any atom is 0.324 e. The lowest BCUT2D eigenvalue weighted by Crippen LogP contribution is -2.51. The summed E-state index contributed by atoms with van der Waals surface area (Å²) in [4.78, 5) is 14.0. The maximum atomic E-state index is 11.8. The standard InChI is InChI=1S/C14H30N2O4/c1-6-7-15-13(14(17)20-5)10-16(8-9-18-3)12(2)11-19-4/h12-13,15H,6-11H2,1-5H3. The Morgan fingerprint density at radius 3 is 2.45 bits per heavy atom. The molecule has 0 saturated carbocycles. The molecule has 0 aromatic rings. The van der Waals surface area contributed by atoms with Gasteiger partial charge in [0.2, 0.25) is 0 Å². The van der Waals surface area contributed by atoms with Crippen LogP contribution in [0.1, 0.15) is 20.3 Å². The van der Waals surface area contributed by atoms with Gasteiger partial charge in [-0.2, -0.15) is 0 Å². The first kappa shape index (κ1) is 19.3. The normalized spacial score (nSPS) is 14.3. The maximum absolute atomic E-state index is 11.8. The molecule has 0 aliphatic rings. The number of carbonyl (C=O) groups excluding carboxylic acids is 1. The van der Waals surface area contributed by atoms with Crippen LogP contribution in [0.15, 0.2) is 0 Å². The lowest BCUT2D eigenvalue weighted by Gasteiger charge is -2.31. The van der Waals surface area contributed by atoms with E-state index in [0.717, 1.165) is 19.5 Å². The van der Waals surface area contributed by atoms with Crippen LogP contribution in [0.3, 0.4) is 0 Å². The van der Waals surface area contributed by atoms with Gasteiger partial charge in [-0.15, -0.1) is 0 Å². The van der Waals surface area contributed by atoms with Crippen LogP contribution in [-0.2, 0) is 19.0 Å². The topological polar surface area (TPSA) is 60.0 Å². The number of hydrogen-bond donors (Lipinski definition) is 1. The molecule has 0 aliphatic heterocycles. The van der Waals surface area contributed by atoms with Gasteiger partial charge < -0.3 is 19.5 Å². The molecule has 0 aromatic heterocycles. The van der Waals surface area contributed by atoms with E-state index in [-0.39, 0.29) is 18.1 Å². The van der Waals surface area contributed by atoms with Gasteiger partial charge in [0.15, 0.2) is 0 Å². The lowest BCUT2D eigenvalue weighted by atomic mass is 10.2. The van der Waals surface area contributed by atoms with Gasteiger partial charge in [0.25, 0.3) is 0 Å². The van der Waals surface area contributed by atoms with Crippen LogP contribution in [0.5, 0.6) is 0 Å². The zero-order chi connectivity index (χ0) is 15.4. The predicted molar refractivity (Wildman–Crippen MR) is 78.9 cm³/mol. The fraction of sp³-hybridized carbons (Fsp3) is 0.929. The number of hydrogen-bond acceptors (Lipinski definition) is 6. The number of nitrogens with zero attached hydrogens (tertiary/aromatic N) is 1. The summed E-state index contributed by atoms with van der Waals surface area (Å²) in [6, 6.07) is -0.109. The molecule has 0 bridgehead atoms. The van der Waals surface area contributed by atoms with E-state index in [1.807, 2.05) is 0 Å². The molecule has 0 aliphatic carbocycles. The highest BCUT2D eigenvalue weighted by Crippen LogP contribution is 2.03. The van der Waals surface area contributed by atoms with Crippen molar-refractivity contribution >= 4 is 5.97 Å². The van der Waals surface area contributed by atoms with Gasteiger partial charge in [-0.25, -0.2) is 0 Å². The Morgan fingerprint density at radius 2 is 1.95 bits per heavy atom. The number of nitrogens with one attached hydrogen (secondary N) is 1. The van der Waals surface area contributed by atoms with Gasteiger partial charge >= 0.3 is 5.97 Å². The zero-order valence-corrected chi connectivity index (χ0v) is 13.5. The Labute approximate surface area is 122 Å². The van der Waals surface area contributed by atoms with Gasteiger partial charge in [0.1, 0.15) is 6.04 Å². The fourth-order valence-electron chi connectivity index (χ4n) is 1.96. The smallest absolute Gasteiger partial charge is 0.324 e. The third kappa shape index (κ3) is 7.79. The number of ether oxygens (including phenoxy) is 3. The number of esters is 1. The Hall–Kier alpha value is -0.690. The molecule has 20 heavy (non-hydrogen) atoms. The van der Waals surface area contributed by atoms with Crippen molar-refractivity contribution in [2.75, 3.05) is 54.2 Å². The third-order valence-corrected chi connectivity index (χ3v) is 3.16. The van der Waals surface area contributed by atoms with Gasteiger partial charge in [0.05, 0.1) is 20.3 Å². The van der Waals surface area contributed by atoms with Crippen molar-refractivity contribution in [3.63, 3.8) is 0 Å². The first-order chi connectivity index (χ1) is 9.60. The Balaban J connectivity index is 4.62. The average Bonchev–Trinajstić information content (AvgIpc) is 2.46. The Morgan fingerprint density at radius 1 is 1.25 bits per heavy atom. The van der Waals surface area contributed by atoms with Crippen molar-refractivity contribution in [2.45, 2.75) is 32.4 Å². The second-order valence-corrected chi connectivity index (χ2v) is 4.82. The molecule has 1 N–H and O–H groups in total. The third-order valence-electron chi connectivity index (χ3n) is 3.16. The summed E-state index contributed by atoms with van der Waals surface area (Å²) in [5.41, 5.74) is 0. The molecule has 2 unspecified atom stereocenters. The number of methoxy groups -OCH3 is 3. The number of carbonyl (C=O) groups is 1. The van der Waals surface area contributed by atoms with Crippen molar-refractivity contribution in [3.05, 3.63) is 0 Å². The second kappa shape index (κ2) is 12.1. The van der Waals surface area contributed by atoms with E-state index >= 15 is 0 Å². The molecule has 120 valence electrons. The second-order valence-electron chi connectivity index (χ2n) is 4.82. The van der Waals surface area contributed by atoms with Crippen molar-refractivity contribution in [1.82, 2.24) is 10.2 Å². The van der Waals surface area contributed by atoms with Crippen LogP contribution in [0.4, 0.5) is 0 Å². The SMILES string of the molecule is CCCNC(CN(CCOC)C(C)COC)C(=O)OC. The van der Waals surface area contributed by atoms with Crippen LogP contribution in [0.25, 0.3) is 0 Å². The molecule has 0 radical (unpaired) electrons. The highest BCUT2D eigenvalue weighted by atomic mass is 16.5. The molecule has 6 heteroatoms. The van der Waals surface area contributed by atoms with E-state index in [0.29, 0.717) is 19.8 Å². The van der Waals surface area contributed by atoms with E-state index in [1.165, 1.54) is 7.11 Å². The van der Waals surface area contributed by atoms with Gasteiger partial charge in [-0.1, -0.05) is 6.92 Å². The van der Waals surface area contributed by atoms with Gasteiger partial charge in [-0.3, -0.25) is 9.69 Å². The Kier molecular flexibility index (Phi) is 11.7. The minimum absolute atomic E-state index is 0.214. The van der Waals surface area contributed by atoms with Crippen LogP contribution in [-0.4, -0.2) is 77.1 Å². The molecule has 0 rings (SSSR count).